The van der Waals surface area contributed by atoms with E-state index in [1.165, 1.54) is 6.07 Å². The van der Waals surface area contributed by atoms with Gasteiger partial charge in [-0.3, -0.25) is 0 Å². The Morgan fingerprint density at radius 3 is 2.74 bits per heavy atom. The standard InChI is InChI=1S/C13H11N3O3/c1-6-11(19-7(2)14-6)12-15-9-4-3-8(13(17)18)5-10(9)16-12/h3-5H,1-2H3,(H,15,16)(H,17,18). The van der Waals surface area contributed by atoms with Crippen LogP contribution in [0.3, 0.4) is 0 Å². The second-order valence-electron chi connectivity index (χ2n) is 4.27. The van der Waals surface area contributed by atoms with Crippen molar-refractivity contribution < 1.29 is 14.3 Å². The predicted octanol–water partition coefficient (Wildman–Crippen LogP) is 2.53. The number of aryl methyl sites for hydroxylation is 2. The zero-order chi connectivity index (χ0) is 13.6. The minimum absolute atomic E-state index is 0.216. The van der Waals surface area contributed by atoms with Crippen molar-refractivity contribution in [3.63, 3.8) is 0 Å². The molecule has 0 saturated carbocycles. The summed E-state index contributed by atoms with van der Waals surface area (Å²) in [5, 5.41) is 8.95. The van der Waals surface area contributed by atoms with Crippen molar-refractivity contribution in [2.75, 3.05) is 0 Å². The molecule has 0 amide bonds. The van der Waals surface area contributed by atoms with E-state index in [0.717, 1.165) is 5.69 Å². The van der Waals surface area contributed by atoms with E-state index in [1.54, 1.807) is 19.1 Å². The summed E-state index contributed by atoms with van der Waals surface area (Å²) in [6.45, 7) is 3.60. The fourth-order valence-corrected chi connectivity index (χ4v) is 2.00. The molecule has 96 valence electrons. The topological polar surface area (TPSA) is 92.0 Å². The van der Waals surface area contributed by atoms with Crippen molar-refractivity contribution in [3.05, 3.63) is 35.3 Å². The average Bonchev–Trinajstić information content (AvgIpc) is 2.90. The first kappa shape index (κ1) is 11.5. The molecule has 2 N–H and O–H groups in total. The molecule has 0 atom stereocenters. The second-order valence-corrected chi connectivity index (χ2v) is 4.27. The summed E-state index contributed by atoms with van der Waals surface area (Å²) in [7, 11) is 0. The lowest BCUT2D eigenvalue weighted by atomic mass is 10.2. The van der Waals surface area contributed by atoms with Gasteiger partial charge in [-0.15, -0.1) is 0 Å². The van der Waals surface area contributed by atoms with E-state index >= 15 is 0 Å². The Balaban J connectivity index is 2.16. The molecule has 0 fully saturated rings. The largest absolute Gasteiger partial charge is 0.478 e. The number of carboxylic acid groups (broad SMARTS) is 1. The number of carbonyl (C=O) groups is 1. The van der Waals surface area contributed by atoms with Crippen molar-refractivity contribution >= 4 is 17.0 Å². The quantitative estimate of drug-likeness (QED) is 0.736. The number of rotatable bonds is 2. The van der Waals surface area contributed by atoms with Crippen molar-refractivity contribution in [1.82, 2.24) is 15.0 Å². The average molecular weight is 257 g/mol. The molecule has 1 aromatic carbocycles. The highest BCUT2D eigenvalue weighted by molar-refractivity contribution is 5.92. The molecule has 0 bridgehead atoms. The third-order valence-electron chi connectivity index (χ3n) is 2.85. The lowest BCUT2D eigenvalue weighted by Crippen LogP contribution is -1.94. The summed E-state index contributed by atoms with van der Waals surface area (Å²) in [6, 6.07) is 4.73. The number of H-pyrrole nitrogens is 1. The number of imidazole rings is 1. The Morgan fingerprint density at radius 1 is 1.32 bits per heavy atom. The van der Waals surface area contributed by atoms with Gasteiger partial charge >= 0.3 is 5.97 Å². The Bertz CT molecular complexity index is 786. The smallest absolute Gasteiger partial charge is 0.335 e. The number of aromatic carboxylic acids is 1. The molecule has 2 heterocycles. The van der Waals surface area contributed by atoms with Gasteiger partial charge in [-0.1, -0.05) is 0 Å². The van der Waals surface area contributed by atoms with Crippen LogP contribution in [0.2, 0.25) is 0 Å². The third kappa shape index (κ3) is 1.87. The number of nitrogens with one attached hydrogen (secondary N) is 1. The maximum Gasteiger partial charge on any atom is 0.335 e. The van der Waals surface area contributed by atoms with Crippen LogP contribution >= 0.6 is 0 Å². The van der Waals surface area contributed by atoms with Gasteiger partial charge in [-0.25, -0.2) is 14.8 Å². The van der Waals surface area contributed by atoms with Gasteiger partial charge < -0.3 is 14.5 Å². The number of fused-ring (bicyclic) bond motifs is 1. The van der Waals surface area contributed by atoms with E-state index < -0.39 is 5.97 Å². The maximum absolute atomic E-state index is 10.9. The molecule has 0 aliphatic rings. The van der Waals surface area contributed by atoms with Crippen LogP contribution in [-0.2, 0) is 0 Å². The lowest BCUT2D eigenvalue weighted by molar-refractivity contribution is 0.0697. The molecule has 0 unspecified atom stereocenters. The minimum Gasteiger partial charge on any atom is -0.478 e. The molecular formula is C13H11N3O3. The lowest BCUT2D eigenvalue weighted by Gasteiger charge is -1.92. The first-order chi connectivity index (χ1) is 9.04. The van der Waals surface area contributed by atoms with Crippen LogP contribution < -0.4 is 0 Å². The van der Waals surface area contributed by atoms with E-state index in [0.29, 0.717) is 28.5 Å². The Kier molecular flexibility index (Phi) is 2.38. The van der Waals surface area contributed by atoms with Gasteiger partial charge in [0.15, 0.2) is 17.5 Å². The van der Waals surface area contributed by atoms with Crippen LogP contribution in [0.15, 0.2) is 22.6 Å². The van der Waals surface area contributed by atoms with Gasteiger partial charge in [0, 0.05) is 6.92 Å². The van der Waals surface area contributed by atoms with E-state index in [2.05, 4.69) is 15.0 Å². The van der Waals surface area contributed by atoms with Crippen LogP contribution in [0.5, 0.6) is 0 Å². The van der Waals surface area contributed by atoms with Gasteiger partial charge in [-0.2, -0.15) is 0 Å². The summed E-state index contributed by atoms with van der Waals surface area (Å²) < 4.78 is 5.49. The van der Waals surface area contributed by atoms with Crippen molar-refractivity contribution in [1.29, 1.82) is 0 Å². The van der Waals surface area contributed by atoms with Crippen molar-refractivity contribution in [3.8, 4) is 11.6 Å². The zero-order valence-electron chi connectivity index (χ0n) is 10.4. The van der Waals surface area contributed by atoms with Crippen LogP contribution in [0, 0.1) is 13.8 Å². The number of carboxylic acids is 1. The SMILES string of the molecule is Cc1nc(C)c(-c2nc3ccc(C(=O)O)cc3[nH]2)o1. The summed E-state index contributed by atoms with van der Waals surface area (Å²) in [4.78, 5) is 22.5. The first-order valence-electron chi connectivity index (χ1n) is 5.72. The number of hydrogen-bond acceptors (Lipinski definition) is 4. The van der Waals surface area contributed by atoms with Crippen molar-refractivity contribution in [2.24, 2.45) is 0 Å². The van der Waals surface area contributed by atoms with Gasteiger partial charge in [-0.05, 0) is 25.1 Å². The fraction of sp³-hybridized carbons (Fsp3) is 0.154. The van der Waals surface area contributed by atoms with E-state index in [9.17, 15) is 4.79 Å². The molecule has 6 nitrogen and oxygen atoms in total. The van der Waals surface area contributed by atoms with Crippen LogP contribution in [-0.4, -0.2) is 26.0 Å². The summed E-state index contributed by atoms with van der Waals surface area (Å²) in [6.07, 6.45) is 0. The summed E-state index contributed by atoms with van der Waals surface area (Å²) >= 11 is 0. The third-order valence-corrected chi connectivity index (χ3v) is 2.85. The van der Waals surface area contributed by atoms with Crippen LogP contribution in [0.4, 0.5) is 0 Å². The Morgan fingerprint density at radius 2 is 2.11 bits per heavy atom. The highest BCUT2D eigenvalue weighted by atomic mass is 16.4. The van der Waals surface area contributed by atoms with Crippen molar-refractivity contribution in [2.45, 2.75) is 13.8 Å². The summed E-state index contributed by atoms with van der Waals surface area (Å²) in [5.74, 6) is 0.727. The van der Waals surface area contributed by atoms with Crippen LogP contribution in [0.1, 0.15) is 21.9 Å². The van der Waals surface area contributed by atoms with E-state index in [-0.39, 0.29) is 5.56 Å². The molecule has 6 heteroatoms. The number of oxazole rings is 1. The van der Waals surface area contributed by atoms with Crippen LogP contribution in [0.25, 0.3) is 22.6 Å². The Hall–Kier alpha value is -2.63. The normalized spacial score (nSPS) is 11.1. The monoisotopic (exact) mass is 257 g/mol. The maximum atomic E-state index is 10.9. The predicted molar refractivity (Wildman–Crippen MR) is 68.0 cm³/mol. The number of aromatic amines is 1. The number of nitrogens with zero attached hydrogens (tertiary/aromatic N) is 2. The molecule has 2 aromatic heterocycles. The molecule has 0 radical (unpaired) electrons. The van der Waals surface area contributed by atoms with E-state index in [4.69, 9.17) is 9.52 Å². The summed E-state index contributed by atoms with van der Waals surface area (Å²) in [5.41, 5.74) is 2.31. The molecule has 0 spiro atoms. The van der Waals surface area contributed by atoms with Gasteiger partial charge in [0.2, 0.25) is 0 Å². The van der Waals surface area contributed by atoms with E-state index in [1.807, 2.05) is 6.92 Å². The van der Waals surface area contributed by atoms with Gasteiger partial charge in [0.1, 0.15) is 0 Å². The number of aromatic nitrogens is 3. The zero-order valence-corrected chi connectivity index (χ0v) is 10.4. The number of hydrogen-bond donors (Lipinski definition) is 2. The van der Waals surface area contributed by atoms with Gasteiger partial charge in [0.05, 0.1) is 22.3 Å². The molecule has 3 aromatic rings. The molecular weight excluding hydrogens is 246 g/mol. The molecule has 0 saturated heterocycles. The molecule has 0 aliphatic carbocycles. The second kappa shape index (κ2) is 3.94. The first-order valence-corrected chi connectivity index (χ1v) is 5.72. The minimum atomic E-state index is -0.968. The number of benzene rings is 1. The molecule has 19 heavy (non-hydrogen) atoms. The Labute approximate surface area is 108 Å². The highest BCUT2D eigenvalue weighted by Crippen LogP contribution is 2.24. The molecule has 0 aliphatic heterocycles. The fourth-order valence-electron chi connectivity index (χ4n) is 2.00. The molecule has 3 rings (SSSR count). The highest BCUT2D eigenvalue weighted by Gasteiger charge is 2.14. The van der Waals surface area contributed by atoms with Gasteiger partial charge in [0.25, 0.3) is 0 Å².